The molecule has 1 aliphatic carbocycles. The standard InChI is InChI=1S/C20H33N3O3S/c1-4-16-10-9-11-17(5-2)19(16)23(27(3,25)26)15-14-21-20(24)22-18-12-7-6-8-13-18/h9-11,18H,4-8,12-15H2,1-3H3,(H2,21,22,24). The number of carbonyl (C=O) groups is 1. The summed E-state index contributed by atoms with van der Waals surface area (Å²) in [6, 6.07) is 5.93. The minimum Gasteiger partial charge on any atom is -0.336 e. The Morgan fingerprint density at radius 1 is 1.11 bits per heavy atom. The first-order chi connectivity index (χ1) is 12.9. The predicted octanol–water partition coefficient (Wildman–Crippen LogP) is 3.21. The number of sulfonamides is 1. The molecule has 0 bridgehead atoms. The first kappa shape index (κ1) is 21.5. The van der Waals surface area contributed by atoms with Gasteiger partial charge in [-0.1, -0.05) is 51.3 Å². The van der Waals surface area contributed by atoms with Gasteiger partial charge >= 0.3 is 6.03 Å². The van der Waals surface area contributed by atoms with Crippen LogP contribution in [0.2, 0.25) is 0 Å². The van der Waals surface area contributed by atoms with Gasteiger partial charge < -0.3 is 10.6 Å². The number of nitrogens with one attached hydrogen (secondary N) is 2. The summed E-state index contributed by atoms with van der Waals surface area (Å²) < 4.78 is 26.4. The van der Waals surface area contributed by atoms with Gasteiger partial charge in [-0.15, -0.1) is 0 Å². The molecule has 152 valence electrons. The zero-order valence-electron chi connectivity index (χ0n) is 16.8. The van der Waals surface area contributed by atoms with Crippen LogP contribution in [0.25, 0.3) is 0 Å². The van der Waals surface area contributed by atoms with Crippen molar-refractivity contribution in [2.45, 2.75) is 64.8 Å². The molecule has 2 amide bonds. The van der Waals surface area contributed by atoms with Crippen molar-refractivity contribution in [1.29, 1.82) is 0 Å². The highest BCUT2D eigenvalue weighted by Gasteiger charge is 2.23. The van der Waals surface area contributed by atoms with Crippen LogP contribution < -0.4 is 14.9 Å². The molecule has 0 aromatic heterocycles. The van der Waals surface area contributed by atoms with E-state index in [1.807, 2.05) is 32.0 Å². The van der Waals surface area contributed by atoms with Crippen LogP contribution in [0.4, 0.5) is 10.5 Å². The molecule has 0 spiro atoms. The topological polar surface area (TPSA) is 78.5 Å². The zero-order chi connectivity index (χ0) is 19.9. The number of para-hydroxylation sites is 1. The molecule has 0 saturated heterocycles. The van der Waals surface area contributed by atoms with Crippen molar-refractivity contribution in [3.63, 3.8) is 0 Å². The number of hydrogen-bond donors (Lipinski definition) is 2. The average Bonchev–Trinajstić information content (AvgIpc) is 2.64. The van der Waals surface area contributed by atoms with Crippen LogP contribution in [0.3, 0.4) is 0 Å². The van der Waals surface area contributed by atoms with Crippen LogP contribution in [-0.4, -0.2) is 39.8 Å². The van der Waals surface area contributed by atoms with E-state index in [0.717, 1.165) is 55.3 Å². The smallest absolute Gasteiger partial charge is 0.315 e. The Kier molecular flexibility index (Phi) is 7.95. The molecule has 1 aliphatic rings. The number of urea groups is 1. The zero-order valence-corrected chi connectivity index (χ0v) is 17.6. The van der Waals surface area contributed by atoms with Crippen molar-refractivity contribution < 1.29 is 13.2 Å². The lowest BCUT2D eigenvalue weighted by Gasteiger charge is -2.28. The molecule has 0 heterocycles. The van der Waals surface area contributed by atoms with Crippen molar-refractivity contribution in [3.05, 3.63) is 29.3 Å². The molecule has 0 aliphatic heterocycles. The van der Waals surface area contributed by atoms with Gasteiger partial charge in [0.1, 0.15) is 0 Å². The first-order valence-electron chi connectivity index (χ1n) is 9.99. The van der Waals surface area contributed by atoms with Crippen LogP contribution in [0, 0.1) is 0 Å². The highest BCUT2D eigenvalue weighted by molar-refractivity contribution is 7.92. The summed E-state index contributed by atoms with van der Waals surface area (Å²) in [6.45, 7) is 4.54. The highest BCUT2D eigenvalue weighted by Crippen LogP contribution is 2.28. The van der Waals surface area contributed by atoms with E-state index in [4.69, 9.17) is 0 Å². The molecular weight excluding hydrogens is 362 g/mol. The summed E-state index contributed by atoms with van der Waals surface area (Å²) in [7, 11) is -3.45. The Labute approximate surface area is 163 Å². The first-order valence-corrected chi connectivity index (χ1v) is 11.8. The van der Waals surface area contributed by atoms with E-state index >= 15 is 0 Å². The maximum atomic E-state index is 12.5. The molecule has 0 radical (unpaired) electrons. The van der Waals surface area contributed by atoms with Crippen molar-refractivity contribution >= 4 is 21.7 Å². The molecule has 1 fully saturated rings. The number of nitrogens with zero attached hydrogens (tertiary/aromatic N) is 1. The average molecular weight is 396 g/mol. The van der Waals surface area contributed by atoms with Crippen molar-refractivity contribution in [3.8, 4) is 0 Å². The van der Waals surface area contributed by atoms with E-state index in [9.17, 15) is 13.2 Å². The molecule has 2 N–H and O–H groups in total. The fourth-order valence-electron chi connectivity index (χ4n) is 3.73. The minimum atomic E-state index is -3.45. The SMILES string of the molecule is CCc1cccc(CC)c1N(CCNC(=O)NC1CCCCC1)S(C)(=O)=O. The normalized spacial score (nSPS) is 15.4. The number of rotatable bonds is 8. The molecule has 1 aromatic carbocycles. The number of aryl methyl sites for hydroxylation is 2. The molecule has 1 saturated carbocycles. The summed E-state index contributed by atoms with van der Waals surface area (Å²) in [5.41, 5.74) is 2.78. The van der Waals surface area contributed by atoms with E-state index in [1.165, 1.54) is 17.0 Å². The second kappa shape index (κ2) is 9.97. The number of benzene rings is 1. The van der Waals surface area contributed by atoms with E-state index in [1.54, 1.807) is 0 Å². The lowest BCUT2D eigenvalue weighted by Crippen LogP contribution is -2.46. The molecule has 1 aromatic rings. The number of carbonyl (C=O) groups excluding carboxylic acids is 1. The molecule has 2 rings (SSSR count). The van der Waals surface area contributed by atoms with Crippen LogP contribution in [0.15, 0.2) is 18.2 Å². The predicted molar refractivity (Wildman–Crippen MR) is 111 cm³/mol. The quantitative estimate of drug-likeness (QED) is 0.709. The van der Waals surface area contributed by atoms with Gasteiger partial charge in [0.2, 0.25) is 10.0 Å². The van der Waals surface area contributed by atoms with Gasteiger partial charge in [0, 0.05) is 12.6 Å². The molecular formula is C20H33N3O3S. The summed E-state index contributed by atoms with van der Waals surface area (Å²) >= 11 is 0. The highest BCUT2D eigenvalue weighted by atomic mass is 32.2. The van der Waals surface area contributed by atoms with Crippen LogP contribution in [-0.2, 0) is 22.9 Å². The van der Waals surface area contributed by atoms with Gasteiger partial charge in [-0.3, -0.25) is 4.31 Å². The fraction of sp³-hybridized carbons (Fsp3) is 0.650. The summed E-state index contributed by atoms with van der Waals surface area (Å²) in [4.78, 5) is 12.1. The monoisotopic (exact) mass is 395 g/mol. The van der Waals surface area contributed by atoms with Gasteiger partial charge in [0.15, 0.2) is 0 Å². The Balaban J connectivity index is 2.05. The summed E-state index contributed by atoms with van der Waals surface area (Å²) in [6.07, 6.45) is 8.32. The maximum Gasteiger partial charge on any atom is 0.315 e. The third-order valence-electron chi connectivity index (χ3n) is 5.16. The van der Waals surface area contributed by atoms with Gasteiger partial charge in [-0.2, -0.15) is 0 Å². The van der Waals surface area contributed by atoms with Crippen molar-refractivity contribution in [2.24, 2.45) is 0 Å². The largest absolute Gasteiger partial charge is 0.336 e. The Morgan fingerprint density at radius 2 is 1.70 bits per heavy atom. The van der Waals surface area contributed by atoms with Crippen molar-refractivity contribution in [2.75, 3.05) is 23.7 Å². The Bertz CT molecular complexity index is 706. The van der Waals surface area contributed by atoms with E-state index < -0.39 is 10.0 Å². The van der Waals surface area contributed by atoms with Gasteiger partial charge in [0.05, 0.1) is 18.5 Å². The van der Waals surface area contributed by atoms with Gasteiger partial charge in [-0.05, 0) is 36.8 Å². The lowest BCUT2D eigenvalue weighted by atomic mass is 9.96. The summed E-state index contributed by atoms with van der Waals surface area (Å²) in [5, 5.41) is 5.82. The second-order valence-electron chi connectivity index (χ2n) is 7.20. The minimum absolute atomic E-state index is 0.213. The number of anilines is 1. The summed E-state index contributed by atoms with van der Waals surface area (Å²) in [5.74, 6) is 0. The second-order valence-corrected chi connectivity index (χ2v) is 9.11. The van der Waals surface area contributed by atoms with E-state index in [0.29, 0.717) is 0 Å². The Hall–Kier alpha value is -1.76. The maximum absolute atomic E-state index is 12.5. The lowest BCUT2D eigenvalue weighted by molar-refractivity contribution is 0.233. The van der Waals surface area contributed by atoms with Crippen LogP contribution in [0.5, 0.6) is 0 Å². The molecule has 0 unspecified atom stereocenters. The van der Waals surface area contributed by atoms with Crippen molar-refractivity contribution in [1.82, 2.24) is 10.6 Å². The van der Waals surface area contributed by atoms with Crippen LogP contribution in [0.1, 0.15) is 57.1 Å². The third-order valence-corrected chi connectivity index (χ3v) is 6.32. The third kappa shape index (κ3) is 6.13. The molecule has 7 heteroatoms. The van der Waals surface area contributed by atoms with Crippen LogP contribution >= 0.6 is 0 Å². The molecule has 27 heavy (non-hydrogen) atoms. The molecule has 6 nitrogen and oxygen atoms in total. The fourth-order valence-corrected chi connectivity index (χ4v) is 4.72. The van der Waals surface area contributed by atoms with E-state index in [2.05, 4.69) is 10.6 Å². The van der Waals surface area contributed by atoms with E-state index in [-0.39, 0.29) is 25.2 Å². The molecule has 0 atom stereocenters. The number of hydrogen-bond acceptors (Lipinski definition) is 3. The van der Waals surface area contributed by atoms with Gasteiger partial charge in [0.25, 0.3) is 0 Å². The Morgan fingerprint density at radius 3 is 2.22 bits per heavy atom. The number of amides is 2. The van der Waals surface area contributed by atoms with Gasteiger partial charge in [-0.25, -0.2) is 13.2 Å².